The van der Waals surface area contributed by atoms with E-state index in [0.29, 0.717) is 0 Å². The van der Waals surface area contributed by atoms with E-state index in [1.54, 1.807) is 18.8 Å². The van der Waals surface area contributed by atoms with Crippen LogP contribution in [-0.2, 0) is 0 Å². The second-order valence-electron chi connectivity index (χ2n) is 3.31. The number of hydrogen-bond donors (Lipinski definition) is 2. The molecule has 0 aromatic rings. The third-order valence-electron chi connectivity index (χ3n) is 2.06. The molecule has 2 atom stereocenters. The molecule has 76 valence electrons. The number of rotatable bonds is 6. The summed E-state index contributed by atoms with van der Waals surface area (Å²) in [6.07, 6.45) is 0.801. The van der Waals surface area contributed by atoms with Gasteiger partial charge in [-0.25, -0.2) is 0 Å². The van der Waals surface area contributed by atoms with Crippen LogP contribution in [0.2, 0.25) is 0 Å². The maximum atomic E-state index is 8.84. The van der Waals surface area contributed by atoms with Crippen LogP contribution in [-0.4, -0.2) is 35.3 Å². The summed E-state index contributed by atoms with van der Waals surface area (Å²) >= 11 is 1.69. The van der Waals surface area contributed by atoms with E-state index in [2.05, 4.69) is 11.4 Å². The lowest BCUT2D eigenvalue weighted by molar-refractivity contribution is 0.300. The molecule has 0 saturated carbocycles. The largest absolute Gasteiger partial charge is 0.395 e. The molecule has 0 saturated heterocycles. The Morgan fingerprint density at radius 3 is 2.69 bits per heavy atom. The zero-order valence-electron chi connectivity index (χ0n) is 8.50. The van der Waals surface area contributed by atoms with Gasteiger partial charge in [-0.1, -0.05) is 6.92 Å². The highest BCUT2D eigenvalue weighted by Gasteiger charge is 2.20. The second kappa shape index (κ2) is 6.25. The van der Waals surface area contributed by atoms with Crippen molar-refractivity contribution in [3.8, 4) is 6.07 Å². The van der Waals surface area contributed by atoms with Crippen LogP contribution in [0.1, 0.15) is 20.3 Å². The average Bonchev–Trinajstić information content (AvgIpc) is 2.17. The van der Waals surface area contributed by atoms with Gasteiger partial charge in [0.2, 0.25) is 0 Å². The van der Waals surface area contributed by atoms with Gasteiger partial charge < -0.3 is 10.4 Å². The molecule has 4 heteroatoms. The molecule has 2 N–H and O–H groups in total. The lowest BCUT2D eigenvalue weighted by atomic mass is 10.0. The molecule has 0 aliphatic rings. The first-order chi connectivity index (χ1) is 6.08. The molecular formula is C9H18N2OS. The van der Waals surface area contributed by atoms with Crippen LogP contribution in [0.4, 0.5) is 0 Å². The summed E-state index contributed by atoms with van der Waals surface area (Å²) in [5, 5.41) is 20.9. The fourth-order valence-corrected chi connectivity index (χ4v) is 1.79. The van der Waals surface area contributed by atoms with Crippen molar-refractivity contribution in [2.75, 3.05) is 19.4 Å². The summed E-state index contributed by atoms with van der Waals surface area (Å²) in [7, 11) is 1.79. The van der Waals surface area contributed by atoms with Crippen LogP contribution in [0.5, 0.6) is 0 Å². The highest BCUT2D eigenvalue weighted by atomic mass is 32.2. The van der Waals surface area contributed by atoms with Crippen molar-refractivity contribution in [2.45, 2.75) is 31.1 Å². The van der Waals surface area contributed by atoms with Crippen LogP contribution in [0.15, 0.2) is 0 Å². The van der Waals surface area contributed by atoms with Crippen LogP contribution < -0.4 is 5.32 Å². The van der Waals surface area contributed by atoms with Crippen molar-refractivity contribution in [3.63, 3.8) is 0 Å². The van der Waals surface area contributed by atoms with Gasteiger partial charge in [0.15, 0.2) is 0 Å². The van der Waals surface area contributed by atoms with Gasteiger partial charge in [0, 0.05) is 5.25 Å². The zero-order chi connectivity index (χ0) is 10.3. The second-order valence-corrected chi connectivity index (χ2v) is 4.85. The van der Waals surface area contributed by atoms with E-state index in [9.17, 15) is 0 Å². The van der Waals surface area contributed by atoms with Gasteiger partial charge in [-0.2, -0.15) is 17.0 Å². The van der Waals surface area contributed by atoms with Gasteiger partial charge in [0.05, 0.1) is 12.7 Å². The molecule has 0 aromatic heterocycles. The molecule has 0 radical (unpaired) electrons. The van der Waals surface area contributed by atoms with Gasteiger partial charge in [0.1, 0.15) is 5.54 Å². The number of aliphatic hydroxyl groups excluding tert-OH is 1. The Balaban J connectivity index is 3.69. The SMILES string of the molecule is CNC(C)(C#N)CCSC(C)CO. The molecule has 2 unspecified atom stereocenters. The molecule has 0 bridgehead atoms. The fourth-order valence-electron chi connectivity index (χ4n) is 0.754. The minimum absolute atomic E-state index is 0.202. The highest BCUT2D eigenvalue weighted by molar-refractivity contribution is 7.99. The Hall–Kier alpha value is -0.240. The van der Waals surface area contributed by atoms with Crippen molar-refractivity contribution in [1.29, 1.82) is 5.26 Å². The Morgan fingerprint density at radius 1 is 1.69 bits per heavy atom. The van der Waals surface area contributed by atoms with E-state index in [1.165, 1.54) is 0 Å². The van der Waals surface area contributed by atoms with E-state index in [1.807, 2.05) is 13.8 Å². The van der Waals surface area contributed by atoms with Crippen molar-refractivity contribution in [2.24, 2.45) is 0 Å². The Bertz CT molecular complexity index is 181. The molecule has 0 spiro atoms. The lowest BCUT2D eigenvalue weighted by Crippen LogP contribution is -2.38. The minimum atomic E-state index is -0.428. The molecule has 13 heavy (non-hydrogen) atoms. The van der Waals surface area contributed by atoms with Crippen LogP contribution >= 0.6 is 11.8 Å². The van der Waals surface area contributed by atoms with Crippen molar-refractivity contribution >= 4 is 11.8 Å². The fraction of sp³-hybridized carbons (Fsp3) is 0.889. The molecule has 0 aliphatic carbocycles. The summed E-state index contributed by atoms with van der Waals surface area (Å²) < 4.78 is 0. The normalized spacial score (nSPS) is 17.5. The average molecular weight is 202 g/mol. The molecular weight excluding hydrogens is 184 g/mol. The summed E-state index contributed by atoms with van der Waals surface area (Å²) in [5.41, 5.74) is -0.428. The molecule has 0 heterocycles. The molecule has 0 amide bonds. The van der Waals surface area contributed by atoms with Crippen LogP contribution in [0, 0.1) is 11.3 Å². The number of thioether (sulfide) groups is 1. The predicted molar refractivity (Wildman–Crippen MR) is 56.7 cm³/mol. The minimum Gasteiger partial charge on any atom is -0.395 e. The topological polar surface area (TPSA) is 56.0 Å². The number of nitriles is 1. The third kappa shape index (κ3) is 5.14. The number of nitrogens with one attached hydrogen (secondary N) is 1. The molecule has 0 aliphatic heterocycles. The number of hydrogen-bond acceptors (Lipinski definition) is 4. The summed E-state index contributed by atoms with van der Waals surface area (Å²) in [6, 6.07) is 2.23. The standard InChI is InChI=1S/C9H18N2OS/c1-8(6-12)13-5-4-9(2,7-10)11-3/h8,11-12H,4-6H2,1-3H3. The third-order valence-corrected chi connectivity index (χ3v) is 3.22. The first-order valence-electron chi connectivity index (χ1n) is 4.40. The summed E-state index contributed by atoms with van der Waals surface area (Å²) in [5.74, 6) is 0.895. The monoisotopic (exact) mass is 202 g/mol. The lowest BCUT2D eigenvalue weighted by Gasteiger charge is -2.20. The highest BCUT2D eigenvalue weighted by Crippen LogP contribution is 2.16. The quantitative estimate of drug-likeness (QED) is 0.674. The Kier molecular flexibility index (Phi) is 6.13. The Labute approximate surface area is 84.5 Å². The van der Waals surface area contributed by atoms with Gasteiger partial charge in [-0.05, 0) is 26.1 Å². The van der Waals surface area contributed by atoms with Crippen molar-refractivity contribution < 1.29 is 5.11 Å². The van der Waals surface area contributed by atoms with E-state index >= 15 is 0 Å². The van der Waals surface area contributed by atoms with Crippen LogP contribution in [0.25, 0.3) is 0 Å². The number of nitrogens with zero attached hydrogens (tertiary/aromatic N) is 1. The summed E-state index contributed by atoms with van der Waals surface area (Å²) in [4.78, 5) is 0. The number of aliphatic hydroxyl groups is 1. The molecule has 0 aromatic carbocycles. The van der Waals surface area contributed by atoms with Gasteiger partial charge in [-0.15, -0.1) is 0 Å². The molecule has 0 rings (SSSR count). The van der Waals surface area contributed by atoms with Crippen LogP contribution in [0.3, 0.4) is 0 Å². The molecule has 0 fully saturated rings. The van der Waals surface area contributed by atoms with E-state index in [0.717, 1.165) is 12.2 Å². The van der Waals surface area contributed by atoms with Crippen molar-refractivity contribution in [1.82, 2.24) is 5.32 Å². The van der Waals surface area contributed by atoms with E-state index in [-0.39, 0.29) is 11.9 Å². The Morgan fingerprint density at radius 2 is 2.31 bits per heavy atom. The van der Waals surface area contributed by atoms with E-state index in [4.69, 9.17) is 10.4 Å². The first-order valence-corrected chi connectivity index (χ1v) is 5.45. The maximum Gasteiger partial charge on any atom is 0.104 e. The smallest absolute Gasteiger partial charge is 0.104 e. The van der Waals surface area contributed by atoms with Gasteiger partial charge in [0.25, 0.3) is 0 Å². The van der Waals surface area contributed by atoms with Gasteiger partial charge in [-0.3, -0.25) is 0 Å². The molecule has 3 nitrogen and oxygen atoms in total. The van der Waals surface area contributed by atoms with E-state index < -0.39 is 5.54 Å². The zero-order valence-corrected chi connectivity index (χ0v) is 9.32. The maximum absolute atomic E-state index is 8.84. The van der Waals surface area contributed by atoms with Gasteiger partial charge >= 0.3 is 0 Å². The first kappa shape index (κ1) is 12.8. The van der Waals surface area contributed by atoms with Crippen molar-refractivity contribution in [3.05, 3.63) is 0 Å². The summed E-state index contributed by atoms with van der Waals surface area (Å²) in [6.45, 7) is 4.07. The predicted octanol–water partition coefficient (Wildman–Crippen LogP) is 0.992.